The van der Waals surface area contributed by atoms with Crippen LogP contribution in [-0.2, 0) is 28.2 Å². The lowest BCUT2D eigenvalue weighted by atomic mass is 9.81. The number of benzene rings is 2. The molecule has 1 atom stereocenters. The summed E-state index contributed by atoms with van der Waals surface area (Å²) in [4.78, 5) is 40.7. The summed E-state index contributed by atoms with van der Waals surface area (Å²) in [5.74, 6) is -0.810. The number of rotatable bonds is 4. The van der Waals surface area contributed by atoms with Crippen LogP contribution in [0.4, 0.5) is 0 Å². The summed E-state index contributed by atoms with van der Waals surface area (Å²) in [6, 6.07) is 15.7. The highest BCUT2D eigenvalue weighted by Crippen LogP contribution is 2.35. The van der Waals surface area contributed by atoms with E-state index in [1.165, 1.54) is 5.56 Å². The summed E-state index contributed by atoms with van der Waals surface area (Å²) in [6.07, 6.45) is 2.33. The molecule has 0 aromatic heterocycles. The zero-order valence-corrected chi connectivity index (χ0v) is 18.0. The molecule has 2 aromatic carbocycles. The summed E-state index contributed by atoms with van der Waals surface area (Å²) in [6.45, 7) is 3.15. The van der Waals surface area contributed by atoms with Gasteiger partial charge in [0.15, 0.2) is 0 Å². The van der Waals surface area contributed by atoms with E-state index in [0.29, 0.717) is 18.5 Å². The first kappa shape index (κ1) is 20.8. The van der Waals surface area contributed by atoms with Crippen molar-refractivity contribution in [2.75, 3.05) is 13.1 Å². The molecule has 3 heterocycles. The van der Waals surface area contributed by atoms with E-state index in [1.807, 2.05) is 24.3 Å². The zero-order chi connectivity index (χ0) is 22.3. The lowest BCUT2D eigenvalue weighted by Gasteiger charge is -2.40. The smallest absolute Gasteiger partial charge is 0.255 e. The van der Waals surface area contributed by atoms with Gasteiger partial charge in [-0.15, -0.1) is 0 Å². The minimum atomic E-state index is -0.593. The summed E-state index contributed by atoms with van der Waals surface area (Å²) >= 11 is 0. The molecule has 166 valence electrons. The molecule has 7 nitrogen and oxygen atoms in total. The number of hydrogen-bond acceptors (Lipinski definition) is 5. The molecule has 3 amide bonds. The number of carbonyl (C=O) groups is 3. The van der Waals surface area contributed by atoms with E-state index < -0.39 is 11.6 Å². The molecule has 2 aromatic rings. The summed E-state index contributed by atoms with van der Waals surface area (Å²) < 4.78 is 0. The van der Waals surface area contributed by atoms with Crippen LogP contribution in [0.1, 0.15) is 52.7 Å². The number of nitrogens with zero attached hydrogens (tertiary/aromatic N) is 2. The third kappa shape index (κ3) is 3.82. The van der Waals surface area contributed by atoms with Crippen molar-refractivity contribution in [3.05, 3.63) is 70.8 Å². The van der Waals surface area contributed by atoms with E-state index >= 15 is 0 Å². The van der Waals surface area contributed by atoms with Gasteiger partial charge in [0.2, 0.25) is 11.8 Å². The Morgan fingerprint density at radius 3 is 2.50 bits per heavy atom. The van der Waals surface area contributed by atoms with Gasteiger partial charge in [-0.3, -0.25) is 24.6 Å². The van der Waals surface area contributed by atoms with Crippen LogP contribution in [0.5, 0.6) is 0 Å². The third-order valence-electron chi connectivity index (χ3n) is 7.10. The Kier molecular flexibility index (Phi) is 5.31. The summed E-state index contributed by atoms with van der Waals surface area (Å²) in [7, 11) is 0. The summed E-state index contributed by atoms with van der Waals surface area (Å²) in [5.41, 5.74) is 10.3. The standard InChI is InChI=1S/C25H28N4O3/c26-25(10-12-28(13-11-25)15-17-4-2-1-3-5-17)19-6-7-20-18(14-19)16-29(24(20)32)21-8-9-22(30)27-23(21)31/h1-7,14,21H,8-13,15-16,26H2,(H,27,30,31). The van der Waals surface area contributed by atoms with E-state index in [4.69, 9.17) is 5.73 Å². The minimum absolute atomic E-state index is 0.148. The average molecular weight is 433 g/mol. The molecule has 2 fully saturated rings. The van der Waals surface area contributed by atoms with Crippen LogP contribution in [0, 0.1) is 0 Å². The number of amides is 3. The maximum absolute atomic E-state index is 12.9. The molecular formula is C25H28N4O3. The van der Waals surface area contributed by atoms with Gasteiger partial charge in [0, 0.05) is 43.7 Å². The first-order valence-electron chi connectivity index (χ1n) is 11.3. The Labute approximate surface area is 187 Å². The molecule has 2 saturated heterocycles. The quantitative estimate of drug-likeness (QED) is 0.720. The first-order chi connectivity index (χ1) is 15.4. The Bertz CT molecular complexity index is 1060. The van der Waals surface area contributed by atoms with Crippen molar-refractivity contribution >= 4 is 17.7 Å². The SMILES string of the molecule is NC1(c2ccc3c(c2)CN(C2CCC(=O)NC2=O)C3=O)CCN(Cc2ccccc2)CC1. The molecule has 5 rings (SSSR count). The van der Waals surface area contributed by atoms with Gasteiger partial charge in [0.25, 0.3) is 5.91 Å². The predicted octanol–water partition coefficient (Wildman–Crippen LogP) is 1.90. The number of nitrogens with one attached hydrogen (secondary N) is 1. The lowest BCUT2D eigenvalue weighted by Crippen LogP contribution is -2.52. The fourth-order valence-corrected chi connectivity index (χ4v) is 5.12. The molecule has 3 N–H and O–H groups in total. The van der Waals surface area contributed by atoms with Gasteiger partial charge in [-0.2, -0.15) is 0 Å². The van der Waals surface area contributed by atoms with Crippen molar-refractivity contribution in [2.45, 2.75) is 50.4 Å². The number of imide groups is 1. The molecule has 0 aliphatic carbocycles. The normalized spacial score (nSPS) is 23.2. The van der Waals surface area contributed by atoms with E-state index in [9.17, 15) is 14.4 Å². The van der Waals surface area contributed by atoms with Gasteiger partial charge in [0.05, 0.1) is 0 Å². The topological polar surface area (TPSA) is 95.7 Å². The third-order valence-corrected chi connectivity index (χ3v) is 7.10. The van der Waals surface area contributed by atoms with Crippen LogP contribution in [0.25, 0.3) is 0 Å². The van der Waals surface area contributed by atoms with E-state index in [2.05, 4.69) is 34.5 Å². The van der Waals surface area contributed by atoms with Gasteiger partial charge in [-0.1, -0.05) is 42.5 Å². The van der Waals surface area contributed by atoms with Gasteiger partial charge >= 0.3 is 0 Å². The van der Waals surface area contributed by atoms with Crippen LogP contribution in [0.15, 0.2) is 48.5 Å². The Morgan fingerprint density at radius 2 is 1.78 bits per heavy atom. The molecular weight excluding hydrogens is 404 g/mol. The molecule has 0 bridgehead atoms. The van der Waals surface area contributed by atoms with Crippen LogP contribution >= 0.6 is 0 Å². The zero-order valence-electron chi connectivity index (χ0n) is 18.0. The highest BCUT2D eigenvalue weighted by molar-refractivity contribution is 6.05. The van der Waals surface area contributed by atoms with Crippen molar-refractivity contribution in [3.63, 3.8) is 0 Å². The lowest BCUT2D eigenvalue weighted by molar-refractivity contribution is -0.136. The summed E-state index contributed by atoms with van der Waals surface area (Å²) in [5, 5.41) is 2.35. The fourth-order valence-electron chi connectivity index (χ4n) is 5.12. The fraction of sp³-hybridized carbons (Fsp3) is 0.400. The van der Waals surface area contributed by atoms with Crippen molar-refractivity contribution in [1.29, 1.82) is 0 Å². The van der Waals surface area contributed by atoms with Crippen molar-refractivity contribution < 1.29 is 14.4 Å². The predicted molar refractivity (Wildman–Crippen MR) is 119 cm³/mol. The van der Waals surface area contributed by atoms with Crippen LogP contribution < -0.4 is 11.1 Å². The number of likely N-dealkylation sites (tertiary alicyclic amines) is 1. The monoisotopic (exact) mass is 432 g/mol. The van der Waals surface area contributed by atoms with Gasteiger partial charge < -0.3 is 10.6 Å². The second kappa shape index (κ2) is 8.15. The van der Waals surface area contributed by atoms with Crippen molar-refractivity contribution in [3.8, 4) is 0 Å². The molecule has 3 aliphatic rings. The van der Waals surface area contributed by atoms with E-state index in [-0.39, 0.29) is 24.1 Å². The molecule has 1 unspecified atom stereocenters. The number of piperidine rings is 2. The number of nitrogens with two attached hydrogens (primary N) is 1. The van der Waals surface area contributed by atoms with Gasteiger partial charge in [-0.25, -0.2) is 0 Å². The van der Waals surface area contributed by atoms with Crippen LogP contribution in [0.2, 0.25) is 0 Å². The number of fused-ring (bicyclic) bond motifs is 1. The van der Waals surface area contributed by atoms with E-state index in [0.717, 1.165) is 43.6 Å². The Morgan fingerprint density at radius 1 is 1.03 bits per heavy atom. The largest absolute Gasteiger partial charge is 0.322 e. The molecule has 0 radical (unpaired) electrons. The molecule has 32 heavy (non-hydrogen) atoms. The van der Waals surface area contributed by atoms with Crippen molar-refractivity contribution in [2.24, 2.45) is 5.73 Å². The van der Waals surface area contributed by atoms with E-state index in [1.54, 1.807) is 4.90 Å². The molecule has 0 saturated carbocycles. The Hall–Kier alpha value is -3.03. The first-order valence-corrected chi connectivity index (χ1v) is 11.3. The van der Waals surface area contributed by atoms with Crippen LogP contribution in [0.3, 0.4) is 0 Å². The second-order valence-corrected chi connectivity index (χ2v) is 9.19. The Balaban J connectivity index is 1.28. The van der Waals surface area contributed by atoms with Crippen molar-refractivity contribution in [1.82, 2.24) is 15.1 Å². The number of carbonyl (C=O) groups excluding carboxylic acids is 3. The van der Waals surface area contributed by atoms with Crippen LogP contribution in [-0.4, -0.2) is 46.7 Å². The molecule has 3 aliphatic heterocycles. The molecule has 7 heteroatoms. The maximum atomic E-state index is 12.9. The molecule has 0 spiro atoms. The average Bonchev–Trinajstić information content (AvgIpc) is 3.12. The minimum Gasteiger partial charge on any atom is -0.322 e. The van der Waals surface area contributed by atoms with Gasteiger partial charge in [-0.05, 0) is 42.0 Å². The second-order valence-electron chi connectivity index (χ2n) is 9.19. The maximum Gasteiger partial charge on any atom is 0.255 e. The van der Waals surface area contributed by atoms with Gasteiger partial charge in [0.1, 0.15) is 6.04 Å². The highest BCUT2D eigenvalue weighted by Gasteiger charge is 2.40. The number of hydrogen-bond donors (Lipinski definition) is 2. The highest BCUT2D eigenvalue weighted by atomic mass is 16.2.